The van der Waals surface area contributed by atoms with Crippen molar-refractivity contribution in [2.24, 2.45) is 5.73 Å². The average Bonchev–Trinajstić information content (AvgIpc) is 2.46. The number of piperidine rings is 1. The van der Waals surface area contributed by atoms with E-state index in [-0.39, 0.29) is 29.1 Å². The summed E-state index contributed by atoms with van der Waals surface area (Å²) in [6, 6.07) is 5.83. The van der Waals surface area contributed by atoms with Gasteiger partial charge in [0.1, 0.15) is 11.0 Å². The monoisotopic (exact) mass is 327 g/mol. The third-order valence-corrected chi connectivity index (χ3v) is 6.19. The Labute approximate surface area is 130 Å². The summed E-state index contributed by atoms with van der Waals surface area (Å²) in [7, 11) is -3.79. The first-order valence-electron chi connectivity index (χ1n) is 6.85. The average molecular weight is 328 g/mol. The van der Waals surface area contributed by atoms with Gasteiger partial charge in [0.05, 0.1) is 5.56 Å². The molecule has 0 saturated carbocycles. The number of hydrogen-bond donors (Lipinski definition) is 1. The molecule has 0 aromatic heterocycles. The molecule has 1 saturated heterocycles. The van der Waals surface area contributed by atoms with E-state index in [4.69, 9.17) is 22.6 Å². The summed E-state index contributed by atoms with van der Waals surface area (Å²) < 4.78 is 27.4. The molecule has 0 aliphatic carbocycles. The lowest BCUT2D eigenvalue weighted by Crippen LogP contribution is -2.51. The Hall–Kier alpha value is -1.13. The molecule has 0 spiro atoms. The number of benzene rings is 1. The summed E-state index contributed by atoms with van der Waals surface area (Å²) in [6.07, 6.45) is 2.48. The van der Waals surface area contributed by atoms with E-state index in [1.165, 1.54) is 22.5 Å². The molecular formula is C14H18ClN3O2S. The van der Waals surface area contributed by atoms with Crippen molar-refractivity contribution >= 4 is 21.6 Å². The fraction of sp³-hybridized carbons (Fsp3) is 0.500. The van der Waals surface area contributed by atoms with Crippen LogP contribution in [0.3, 0.4) is 0 Å². The van der Waals surface area contributed by atoms with Crippen LogP contribution >= 0.6 is 11.6 Å². The topological polar surface area (TPSA) is 87.2 Å². The highest BCUT2D eigenvalue weighted by atomic mass is 35.5. The van der Waals surface area contributed by atoms with Gasteiger partial charge >= 0.3 is 0 Å². The minimum atomic E-state index is -3.79. The molecule has 21 heavy (non-hydrogen) atoms. The molecular weight excluding hydrogens is 310 g/mol. The Kier molecular flexibility index (Phi) is 4.89. The van der Waals surface area contributed by atoms with Gasteiger partial charge in [0.2, 0.25) is 10.0 Å². The largest absolute Gasteiger partial charge is 0.329 e. The van der Waals surface area contributed by atoms with Gasteiger partial charge in [0.15, 0.2) is 0 Å². The third-order valence-electron chi connectivity index (χ3n) is 3.85. The van der Waals surface area contributed by atoms with E-state index in [1.807, 2.05) is 13.0 Å². The first-order valence-corrected chi connectivity index (χ1v) is 8.67. The molecule has 2 unspecified atom stereocenters. The van der Waals surface area contributed by atoms with E-state index < -0.39 is 10.0 Å². The maximum atomic E-state index is 13.0. The van der Waals surface area contributed by atoms with E-state index >= 15 is 0 Å². The second-order valence-corrected chi connectivity index (χ2v) is 7.50. The summed E-state index contributed by atoms with van der Waals surface area (Å²) in [5.74, 6) is 0. The van der Waals surface area contributed by atoms with Crippen LogP contribution < -0.4 is 5.73 Å². The van der Waals surface area contributed by atoms with Crippen molar-refractivity contribution in [2.75, 3.05) is 6.54 Å². The molecule has 0 amide bonds. The second-order valence-electron chi connectivity index (χ2n) is 5.26. The Morgan fingerprint density at radius 2 is 2.19 bits per heavy atom. The van der Waals surface area contributed by atoms with Crippen LogP contribution in [0.1, 0.15) is 31.7 Å². The molecule has 2 rings (SSSR count). The van der Waals surface area contributed by atoms with E-state index in [0.29, 0.717) is 5.02 Å². The van der Waals surface area contributed by atoms with E-state index in [0.717, 1.165) is 19.3 Å². The van der Waals surface area contributed by atoms with E-state index in [9.17, 15) is 8.42 Å². The lowest BCUT2D eigenvalue weighted by molar-refractivity contribution is 0.196. The number of nitrogens with two attached hydrogens (primary N) is 1. The Bertz CT molecular complexity index is 669. The number of halogens is 1. The fourth-order valence-corrected chi connectivity index (χ4v) is 5.13. The smallest absolute Gasteiger partial charge is 0.244 e. The molecule has 2 N–H and O–H groups in total. The molecule has 1 aromatic carbocycles. The van der Waals surface area contributed by atoms with Crippen molar-refractivity contribution < 1.29 is 8.42 Å². The van der Waals surface area contributed by atoms with Gasteiger partial charge in [-0.05, 0) is 38.0 Å². The zero-order chi connectivity index (χ0) is 15.6. The third kappa shape index (κ3) is 3.06. The number of nitrogens with zero attached hydrogens (tertiary/aromatic N) is 2. The SMILES string of the molecule is CC1CCCC(CN)N1S(=O)(=O)c1cc(Cl)ccc1C#N. The van der Waals surface area contributed by atoms with Crippen molar-refractivity contribution in [1.82, 2.24) is 4.31 Å². The zero-order valence-electron chi connectivity index (χ0n) is 11.8. The summed E-state index contributed by atoms with van der Waals surface area (Å²) in [5, 5.41) is 9.45. The van der Waals surface area contributed by atoms with Gasteiger partial charge in [-0.3, -0.25) is 0 Å². The van der Waals surface area contributed by atoms with E-state index in [2.05, 4.69) is 0 Å². The van der Waals surface area contributed by atoms with Crippen LogP contribution in [0.25, 0.3) is 0 Å². The molecule has 0 bridgehead atoms. The van der Waals surface area contributed by atoms with Crippen LogP contribution in [-0.2, 0) is 10.0 Å². The van der Waals surface area contributed by atoms with Gasteiger partial charge in [0, 0.05) is 23.7 Å². The normalized spacial score (nSPS) is 23.7. The number of nitriles is 1. The molecule has 7 heteroatoms. The molecule has 114 valence electrons. The highest BCUT2D eigenvalue weighted by molar-refractivity contribution is 7.89. The maximum absolute atomic E-state index is 13.0. The highest BCUT2D eigenvalue weighted by Gasteiger charge is 2.38. The molecule has 1 aliphatic rings. The molecule has 1 heterocycles. The second kappa shape index (κ2) is 6.32. The van der Waals surface area contributed by atoms with Crippen LogP contribution in [0.5, 0.6) is 0 Å². The zero-order valence-corrected chi connectivity index (χ0v) is 13.4. The number of sulfonamides is 1. The van der Waals surface area contributed by atoms with Crippen molar-refractivity contribution in [3.05, 3.63) is 28.8 Å². The molecule has 0 radical (unpaired) electrons. The van der Waals surface area contributed by atoms with E-state index in [1.54, 1.807) is 0 Å². The van der Waals surface area contributed by atoms with Crippen molar-refractivity contribution in [2.45, 2.75) is 43.2 Å². The first-order chi connectivity index (χ1) is 9.91. The predicted octanol–water partition coefficient (Wildman–Crippen LogP) is 2.10. The summed E-state index contributed by atoms with van der Waals surface area (Å²) in [6.45, 7) is 2.14. The fourth-order valence-electron chi connectivity index (χ4n) is 2.83. The Morgan fingerprint density at radius 3 is 2.81 bits per heavy atom. The molecule has 2 atom stereocenters. The molecule has 1 aliphatic heterocycles. The Morgan fingerprint density at radius 1 is 1.48 bits per heavy atom. The standard InChI is InChI=1S/C14H18ClN3O2S/c1-10-3-2-4-13(9-17)18(10)21(19,20)14-7-12(15)6-5-11(14)8-16/h5-7,10,13H,2-4,9,17H2,1H3. The van der Waals surface area contributed by atoms with Crippen LogP contribution in [0.2, 0.25) is 5.02 Å². The van der Waals surface area contributed by atoms with Crippen molar-refractivity contribution in [3.8, 4) is 6.07 Å². The van der Waals surface area contributed by atoms with Crippen LogP contribution in [0.4, 0.5) is 0 Å². The number of rotatable bonds is 3. The highest BCUT2D eigenvalue weighted by Crippen LogP contribution is 2.31. The first kappa shape index (κ1) is 16.2. The van der Waals surface area contributed by atoms with Crippen LogP contribution in [-0.4, -0.2) is 31.4 Å². The molecule has 1 aromatic rings. The van der Waals surface area contributed by atoms with Crippen LogP contribution in [0.15, 0.2) is 23.1 Å². The maximum Gasteiger partial charge on any atom is 0.244 e. The summed E-state index contributed by atoms with van der Waals surface area (Å²) >= 11 is 5.91. The van der Waals surface area contributed by atoms with Crippen molar-refractivity contribution in [3.63, 3.8) is 0 Å². The van der Waals surface area contributed by atoms with Gasteiger partial charge < -0.3 is 5.73 Å². The van der Waals surface area contributed by atoms with Gasteiger partial charge in [-0.1, -0.05) is 18.0 Å². The quantitative estimate of drug-likeness (QED) is 0.921. The summed E-state index contributed by atoms with van der Waals surface area (Å²) in [4.78, 5) is -0.0373. The lowest BCUT2D eigenvalue weighted by atomic mass is 10.00. The summed E-state index contributed by atoms with van der Waals surface area (Å²) in [5.41, 5.74) is 5.84. The van der Waals surface area contributed by atoms with Gasteiger partial charge in [-0.15, -0.1) is 0 Å². The lowest BCUT2D eigenvalue weighted by Gasteiger charge is -2.39. The van der Waals surface area contributed by atoms with Gasteiger partial charge in [-0.2, -0.15) is 9.57 Å². The molecule has 5 nitrogen and oxygen atoms in total. The number of hydrogen-bond acceptors (Lipinski definition) is 4. The predicted molar refractivity (Wildman–Crippen MR) is 81.3 cm³/mol. The van der Waals surface area contributed by atoms with Crippen molar-refractivity contribution in [1.29, 1.82) is 5.26 Å². The van der Waals surface area contributed by atoms with Gasteiger partial charge in [-0.25, -0.2) is 8.42 Å². The van der Waals surface area contributed by atoms with Gasteiger partial charge in [0.25, 0.3) is 0 Å². The molecule has 1 fully saturated rings. The Balaban J connectivity index is 2.55. The minimum absolute atomic E-state index is 0.0373. The van der Waals surface area contributed by atoms with Crippen LogP contribution in [0, 0.1) is 11.3 Å². The minimum Gasteiger partial charge on any atom is -0.329 e.